The van der Waals surface area contributed by atoms with E-state index in [0.717, 1.165) is 22.3 Å². The molecule has 0 bridgehead atoms. The zero-order valence-electron chi connectivity index (χ0n) is 20.3. The van der Waals surface area contributed by atoms with Crippen LogP contribution in [0.2, 0.25) is 0 Å². The molecule has 2 aromatic carbocycles. The molecule has 8 nitrogen and oxygen atoms in total. The summed E-state index contributed by atoms with van der Waals surface area (Å²) in [6.07, 6.45) is -0.235. The topological polar surface area (TPSA) is 105 Å². The lowest BCUT2D eigenvalue weighted by Crippen LogP contribution is -2.58. The normalized spacial score (nSPS) is 20.9. The van der Waals surface area contributed by atoms with E-state index in [2.05, 4.69) is 17.4 Å². The van der Waals surface area contributed by atoms with Crippen molar-refractivity contribution in [2.45, 2.75) is 50.8 Å². The van der Waals surface area contributed by atoms with Crippen LogP contribution in [-0.2, 0) is 19.1 Å². The smallest absolute Gasteiger partial charge is 0.407 e. The first-order valence-electron chi connectivity index (χ1n) is 12.0. The largest absolute Gasteiger partial charge is 0.481 e. The number of nitrogens with zero attached hydrogens (tertiary/aromatic N) is 1. The lowest BCUT2D eigenvalue weighted by atomic mass is 9.92. The molecule has 0 saturated carbocycles. The van der Waals surface area contributed by atoms with E-state index in [1.165, 1.54) is 12.0 Å². The van der Waals surface area contributed by atoms with Gasteiger partial charge in [-0.25, -0.2) is 4.79 Å². The van der Waals surface area contributed by atoms with Gasteiger partial charge in [0.15, 0.2) is 0 Å². The number of likely N-dealkylation sites (tertiary alicyclic amines) is 1. The summed E-state index contributed by atoms with van der Waals surface area (Å²) in [5.74, 6) is -2.01. The highest BCUT2D eigenvalue weighted by Gasteiger charge is 2.38. The average molecular weight is 481 g/mol. The number of hydrogen-bond donors (Lipinski definition) is 2. The van der Waals surface area contributed by atoms with Gasteiger partial charge in [-0.1, -0.05) is 48.5 Å². The Labute approximate surface area is 205 Å². The molecule has 0 radical (unpaired) electrons. The van der Waals surface area contributed by atoms with Crippen LogP contribution in [0.5, 0.6) is 0 Å². The maximum absolute atomic E-state index is 13.4. The number of benzene rings is 2. The van der Waals surface area contributed by atoms with Gasteiger partial charge in [-0.2, -0.15) is 0 Å². The quantitative estimate of drug-likeness (QED) is 0.627. The monoisotopic (exact) mass is 480 g/mol. The highest BCUT2D eigenvalue weighted by atomic mass is 16.5. The van der Waals surface area contributed by atoms with Crippen molar-refractivity contribution in [2.75, 3.05) is 20.3 Å². The van der Waals surface area contributed by atoms with Crippen molar-refractivity contribution in [2.24, 2.45) is 5.92 Å². The predicted molar refractivity (Wildman–Crippen MR) is 130 cm³/mol. The fraction of sp³-hybridized carbons (Fsp3) is 0.444. The zero-order chi connectivity index (χ0) is 25.1. The second kappa shape index (κ2) is 10.5. The van der Waals surface area contributed by atoms with Crippen LogP contribution in [0.25, 0.3) is 11.1 Å². The highest BCUT2D eigenvalue weighted by molar-refractivity contribution is 5.87. The van der Waals surface area contributed by atoms with Crippen LogP contribution in [0, 0.1) is 5.92 Å². The lowest BCUT2D eigenvalue weighted by molar-refractivity contribution is -0.149. The van der Waals surface area contributed by atoms with Crippen LogP contribution in [-0.4, -0.2) is 66.4 Å². The molecule has 2 N–H and O–H groups in total. The van der Waals surface area contributed by atoms with Gasteiger partial charge in [0.05, 0.1) is 12.0 Å². The molecule has 0 spiro atoms. The van der Waals surface area contributed by atoms with Crippen molar-refractivity contribution in [3.05, 3.63) is 59.7 Å². The van der Waals surface area contributed by atoms with E-state index in [0.29, 0.717) is 12.8 Å². The van der Waals surface area contributed by atoms with Crippen molar-refractivity contribution in [3.63, 3.8) is 0 Å². The van der Waals surface area contributed by atoms with Gasteiger partial charge in [-0.05, 0) is 48.9 Å². The molecule has 186 valence electrons. The number of fused-ring (bicyclic) bond motifs is 3. The van der Waals surface area contributed by atoms with Crippen LogP contribution in [0.4, 0.5) is 4.79 Å². The molecule has 35 heavy (non-hydrogen) atoms. The Kier molecular flexibility index (Phi) is 7.40. The van der Waals surface area contributed by atoms with E-state index < -0.39 is 30.1 Å². The molecule has 8 heteroatoms. The van der Waals surface area contributed by atoms with Gasteiger partial charge in [0.2, 0.25) is 5.91 Å². The van der Waals surface area contributed by atoms with Gasteiger partial charge in [0.1, 0.15) is 12.6 Å². The van der Waals surface area contributed by atoms with Gasteiger partial charge in [-0.3, -0.25) is 9.59 Å². The van der Waals surface area contributed by atoms with Gasteiger partial charge in [0.25, 0.3) is 0 Å². The van der Waals surface area contributed by atoms with E-state index in [4.69, 9.17) is 9.47 Å². The van der Waals surface area contributed by atoms with E-state index in [1.54, 1.807) is 6.92 Å². The standard InChI is InChI=1S/C27H32N2O6/c1-16-12-13-18(26(31)32)14-29(16)25(30)24(17(2)34-3)28-27(33)35-15-23-21-10-6-4-8-19(21)20-9-5-7-11-22(20)23/h4-11,16-18,23-24H,12-15H2,1-3H3,(H,28,33)(H,31,32)/t16?,17-,18?,24+/m1/s1. The van der Waals surface area contributed by atoms with Crippen LogP contribution in [0.1, 0.15) is 43.7 Å². The molecule has 4 atom stereocenters. The Morgan fingerprint density at radius 2 is 1.66 bits per heavy atom. The number of rotatable bonds is 7. The maximum atomic E-state index is 13.4. The van der Waals surface area contributed by atoms with E-state index in [-0.39, 0.29) is 31.0 Å². The predicted octanol–water partition coefficient (Wildman–Crippen LogP) is 3.64. The molecule has 0 aromatic heterocycles. The van der Waals surface area contributed by atoms with Gasteiger partial charge >= 0.3 is 12.1 Å². The number of carboxylic acids is 1. The number of carboxylic acid groups (broad SMARTS) is 1. The number of amides is 2. The third-order valence-corrected chi connectivity index (χ3v) is 7.24. The second-order valence-electron chi connectivity index (χ2n) is 9.34. The number of hydrogen-bond acceptors (Lipinski definition) is 5. The Morgan fingerprint density at radius 1 is 1.06 bits per heavy atom. The minimum absolute atomic E-state index is 0.0967. The lowest BCUT2D eigenvalue weighted by Gasteiger charge is -2.39. The van der Waals surface area contributed by atoms with Crippen LogP contribution >= 0.6 is 0 Å². The minimum atomic E-state index is -0.995. The molecule has 1 saturated heterocycles. The van der Waals surface area contributed by atoms with Crippen molar-refractivity contribution >= 4 is 18.0 Å². The summed E-state index contributed by atoms with van der Waals surface area (Å²) >= 11 is 0. The second-order valence-corrected chi connectivity index (χ2v) is 9.34. The van der Waals surface area contributed by atoms with E-state index in [1.807, 2.05) is 43.3 Å². The Balaban J connectivity index is 1.45. The van der Waals surface area contributed by atoms with Crippen molar-refractivity contribution in [3.8, 4) is 11.1 Å². The van der Waals surface area contributed by atoms with E-state index in [9.17, 15) is 19.5 Å². The summed E-state index contributed by atoms with van der Waals surface area (Å²) in [5.41, 5.74) is 4.46. The Morgan fingerprint density at radius 3 is 2.23 bits per heavy atom. The third-order valence-electron chi connectivity index (χ3n) is 7.24. The molecule has 1 aliphatic carbocycles. The molecule has 2 unspecified atom stereocenters. The summed E-state index contributed by atoms with van der Waals surface area (Å²) in [7, 11) is 1.46. The molecule has 1 fully saturated rings. The minimum Gasteiger partial charge on any atom is -0.481 e. The number of ether oxygens (including phenoxy) is 2. The Bertz CT molecular complexity index is 1060. The molecule has 2 amide bonds. The average Bonchev–Trinajstić information content (AvgIpc) is 3.19. The first kappa shape index (κ1) is 24.7. The molecule has 4 rings (SSSR count). The van der Waals surface area contributed by atoms with Gasteiger partial charge < -0.3 is 24.8 Å². The van der Waals surface area contributed by atoms with E-state index >= 15 is 0 Å². The third kappa shape index (κ3) is 5.03. The fourth-order valence-electron chi connectivity index (χ4n) is 5.08. The number of alkyl carbamates (subject to hydrolysis) is 1. The number of aliphatic carboxylic acids is 1. The van der Waals surface area contributed by atoms with Gasteiger partial charge in [-0.15, -0.1) is 0 Å². The number of carbonyl (C=O) groups excluding carboxylic acids is 2. The van der Waals surface area contributed by atoms with Crippen molar-refractivity contribution in [1.82, 2.24) is 10.2 Å². The fourth-order valence-corrected chi connectivity index (χ4v) is 5.08. The van der Waals surface area contributed by atoms with Gasteiger partial charge in [0, 0.05) is 25.6 Å². The van der Waals surface area contributed by atoms with Crippen LogP contribution in [0.15, 0.2) is 48.5 Å². The highest BCUT2D eigenvalue weighted by Crippen LogP contribution is 2.44. The summed E-state index contributed by atoms with van der Waals surface area (Å²) in [6.45, 7) is 3.81. The molecule has 2 aliphatic rings. The van der Waals surface area contributed by atoms with Crippen molar-refractivity contribution in [1.29, 1.82) is 0 Å². The van der Waals surface area contributed by atoms with Crippen LogP contribution < -0.4 is 5.32 Å². The number of piperidine rings is 1. The zero-order valence-corrected chi connectivity index (χ0v) is 20.3. The first-order valence-corrected chi connectivity index (χ1v) is 12.0. The first-order chi connectivity index (χ1) is 16.8. The van der Waals surface area contributed by atoms with Crippen molar-refractivity contribution < 1.29 is 29.0 Å². The SMILES string of the molecule is CO[C@H](C)[C@H](NC(=O)OCC1c2ccccc2-c2ccccc21)C(=O)N1CC(C(=O)O)CCC1C. The molecular weight excluding hydrogens is 448 g/mol. The summed E-state index contributed by atoms with van der Waals surface area (Å²) in [6, 6.07) is 15.0. The summed E-state index contributed by atoms with van der Waals surface area (Å²) in [5, 5.41) is 12.1. The molecule has 1 aliphatic heterocycles. The molecule has 2 aromatic rings. The molecular formula is C27H32N2O6. The Hall–Kier alpha value is -3.39. The maximum Gasteiger partial charge on any atom is 0.407 e. The van der Waals surface area contributed by atoms with Crippen LogP contribution in [0.3, 0.4) is 0 Å². The molecule has 1 heterocycles. The number of methoxy groups -OCH3 is 1. The number of nitrogens with one attached hydrogen (secondary N) is 1. The summed E-state index contributed by atoms with van der Waals surface area (Å²) < 4.78 is 11.0. The summed E-state index contributed by atoms with van der Waals surface area (Å²) in [4.78, 5) is 39.3. The number of carbonyl (C=O) groups is 3.